The van der Waals surface area contributed by atoms with E-state index in [4.69, 9.17) is 4.74 Å². The molecule has 1 saturated heterocycles. The molecule has 7 nitrogen and oxygen atoms in total. The molecule has 2 aromatic carbocycles. The Balaban J connectivity index is 1.27. The van der Waals surface area contributed by atoms with Gasteiger partial charge in [-0.15, -0.1) is 0 Å². The molecular weight excluding hydrogens is 394 g/mol. The first-order chi connectivity index (χ1) is 15.1. The fourth-order valence-electron chi connectivity index (χ4n) is 4.69. The lowest BCUT2D eigenvalue weighted by molar-refractivity contribution is -0.121. The fourth-order valence-corrected chi connectivity index (χ4v) is 4.69. The minimum Gasteiger partial charge on any atom is -0.380 e. The number of hydrogen-bond acceptors (Lipinski definition) is 6. The summed E-state index contributed by atoms with van der Waals surface area (Å²) in [5.41, 5.74) is 2.24. The SMILES string of the molecule is CCc1ccccc1NC(=O)C1CCC(CNc2c(N3CCOCC3)c(=O)c2=O)CC1. The second-order valence-electron chi connectivity index (χ2n) is 8.58. The van der Waals surface area contributed by atoms with Gasteiger partial charge < -0.3 is 20.3 Å². The molecule has 0 unspecified atom stereocenters. The number of aryl methyl sites for hydroxylation is 1. The third-order valence-electron chi connectivity index (χ3n) is 6.65. The highest BCUT2D eigenvalue weighted by Gasteiger charge is 2.30. The molecule has 7 heteroatoms. The minimum absolute atomic E-state index is 0.0243. The molecule has 166 valence electrons. The molecule has 4 rings (SSSR count). The van der Waals surface area contributed by atoms with Crippen LogP contribution in [0.2, 0.25) is 0 Å². The smallest absolute Gasteiger partial charge is 0.253 e. The lowest BCUT2D eigenvalue weighted by Crippen LogP contribution is -2.47. The Morgan fingerprint density at radius 3 is 2.48 bits per heavy atom. The zero-order valence-corrected chi connectivity index (χ0v) is 18.1. The van der Waals surface area contributed by atoms with Crippen molar-refractivity contribution >= 4 is 23.0 Å². The van der Waals surface area contributed by atoms with E-state index >= 15 is 0 Å². The summed E-state index contributed by atoms with van der Waals surface area (Å²) in [4.78, 5) is 38.8. The van der Waals surface area contributed by atoms with Crippen LogP contribution < -0.4 is 26.4 Å². The standard InChI is InChI=1S/C24H31N3O4/c1-2-17-5-3-4-6-19(17)26-24(30)18-9-7-16(8-10-18)15-25-20-21(23(29)22(20)28)27-11-13-31-14-12-27/h3-6,16,18,25H,2,7-15H2,1H3,(H,26,30). The van der Waals surface area contributed by atoms with Crippen LogP contribution in [0.1, 0.15) is 38.2 Å². The third kappa shape index (κ3) is 4.66. The van der Waals surface area contributed by atoms with Crippen LogP contribution in [0.3, 0.4) is 0 Å². The molecule has 0 radical (unpaired) electrons. The van der Waals surface area contributed by atoms with Gasteiger partial charge in [-0.1, -0.05) is 25.1 Å². The van der Waals surface area contributed by atoms with Gasteiger partial charge in [-0.2, -0.15) is 0 Å². The van der Waals surface area contributed by atoms with Gasteiger partial charge in [0.2, 0.25) is 5.91 Å². The molecule has 0 spiro atoms. The first kappa shape index (κ1) is 21.6. The van der Waals surface area contributed by atoms with E-state index in [1.54, 1.807) is 0 Å². The molecule has 1 aliphatic heterocycles. The summed E-state index contributed by atoms with van der Waals surface area (Å²) in [6.07, 6.45) is 4.44. The Hall–Kier alpha value is -2.67. The van der Waals surface area contributed by atoms with Crippen molar-refractivity contribution in [2.24, 2.45) is 11.8 Å². The first-order valence-corrected chi connectivity index (χ1v) is 11.4. The first-order valence-electron chi connectivity index (χ1n) is 11.4. The number of carbonyl (C=O) groups is 1. The Bertz CT molecular complexity index is 981. The van der Waals surface area contributed by atoms with Gasteiger partial charge in [0, 0.05) is 31.2 Å². The van der Waals surface area contributed by atoms with Gasteiger partial charge in [-0.25, -0.2) is 0 Å². The molecule has 1 aliphatic carbocycles. The number of carbonyl (C=O) groups excluding carboxylic acids is 1. The molecule has 0 bridgehead atoms. The van der Waals surface area contributed by atoms with Gasteiger partial charge >= 0.3 is 0 Å². The maximum atomic E-state index is 12.7. The maximum Gasteiger partial charge on any atom is 0.253 e. The van der Waals surface area contributed by atoms with E-state index < -0.39 is 10.9 Å². The van der Waals surface area contributed by atoms with Crippen LogP contribution in [-0.2, 0) is 16.0 Å². The number of benzene rings is 1. The summed E-state index contributed by atoms with van der Waals surface area (Å²) in [6.45, 7) is 5.18. The number of rotatable bonds is 7. The lowest BCUT2D eigenvalue weighted by Gasteiger charge is -2.32. The molecule has 2 aliphatic rings. The number of hydrogen-bond donors (Lipinski definition) is 2. The van der Waals surface area contributed by atoms with Gasteiger partial charge in [0.1, 0.15) is 11.4 Å². The van der Waals surface area contributed by atoms with Crippen molar-refractivity contribution < 1.29 is 9.53 Å². The monoisotopic (exact) mass is 425 g/mol. The van der Waals surface area contributed by atoms with E-state index in [2.05, 4.69) is 17.6 Å². The van der Waals surface area contributed by atoms with Crippen molar-refractivity contribution in [3.05, 3.63) is 50.3 Å². The second kappa shape index (κ2) is 9.64. The number of nitrogens with zero attached hydrogens (tertiary/aromatic N) is 1. The number of ether oxygens (including phenoxy) is 1. The normalized spacial score (nSPS) is 21.8. The van der Waals surface area contributed by atoms with Gasteiger partial charge in [-0.05, 0) is 49.7 Å². The van der Waals surface area contributed by atoms with Crippen molar-refractivity contribution in [2.75, 3.05) is 48.4 Å². The van der Waals surface area contributed by atoms with Crippen molar-refractivity contribution in [3.8, 4) is 0 Å². The second-order valence-corrected chi connectivity index (χ2v) is 8.58. The quantitative estimate of drug-likeness (QED) is 0.663. The van der Waals surface area contributed by atoms with Crippen LogP contribution >= 0.6 is 0 Å². The van der Waals surface area contributed by atoms with E-state index in [-0.39, 0.29) is 11.8 Å². The van der Waals surface area contributed by atoms with E-state index in [0.717, 1.165) is 43.4 Å². The number of morpholine rings is 1. The number of para-hydroxylation sites is 1. The van der Waals surface area contributed by atoms with E-state index in [1.165, 1.54) is 0 Å². The Morgan fingerprint density at radius 2 is 1.77 bits per heavy atom. The van der Waals surface area contributed by atoms with E-state index in [1.807, 2.05) is 29.2 Å². The molecule has 2 aromatic rings. The molecule has 1 amide bonds. The highest BCUT2D eigenvalue weighted by molar-refractivity contribution is 5.93. The van der Waals surface area contributed by atoms with Crippen LogP contribution in [0.25, 0.3) is 0 Å². The Labute approximate surface area is 182 Å². The van der Waals surface area contributed by atoms with Crippen molar-refractivity contribution in [1.82, 2.24) is 0 Å². The summed E-state index contributed by atoms with van der Waals surface area (Å²) in [6, 6.07) is 7.95. The van der Waals surface area contributed by atoms with Gasteiger partial charge in [0.25, 0.3) is 10.9 Å². The predicted molar refractivity (Wildman–Crippen MR) is 123 cm³/mol. The zero-order valence-electron chi connectivity index (χ0n) is 18.1. The average Bonchev–Trinajstić information content (AvgIpc) is 2.82. The van der Waals surface area contributed by atoms with Crippen LogP contribution in [-0.4, -0.2) is 38.8 Å². The van der Waals surface area contributed by atoms with Crippen molar-refractivity contribution in [2.45, 2.75) is 39.0 Å². The third-order valence-corrected chi connectivity index (χ3v) is 6.65. The zero-order chi connectivity index (χ0) is 21.8. The van der Waals surface area contributed by atoms with Crippen molar-refractivity contribution in [3.63, 3.8) is 0 Å². The number of amides is 1. The molecule has 0 aromatic heterocycles. The molecule has 0 atom stereocenters. The summed E-state index contributed by atoms with van der Waals surface area (Å²) in [5.74, 6) is 0.523. The lowest BCUT2D eigenvalue weighted by atomic mass is 9.81. The van der Waals surface area contributed by atoms with Crippen LogP contribution in [0, 0.1) is 11.8 Å². The molecule has 31 heavy (non-hydrogen) atoms. The Morgan fingerprint density at radius 1 is 1.06 bits per heavy atom. The predicted octanol–water partition coefficient (Wildman–Crippen LogP) is 2.54. The largest absolute Gasteiger partial charge is 0.380 e. The molecule has 2 N–H and O–H groups in total. The van der Waals surface area contributed by atoms with E-state index in [0.29, 0.717) is 50.1 Å². The summed E-state index contributed by atoms with van der Waals surface area (Å²) in [5, 5.41) is 6.35. The Kier molecular flexibility index (Phi) is 6.70. The van der Waals surface area contributed by atoms with Crippen LogP contribution in [0.4, 0.5) is 17.1 Å². The van der Waals surface area contributed by atoms with Gasteiger partial charge in [0.15, 0.2) is 0 Å². The van der Waals surface area contributed by atoms with E-state index in [9.17, 15) is 14.4 Å². The fraction of sp³-hybridized carbons (Fsp3) is 0.542. The maximum absolute atomic E-state index is 12.7. The summed E-state index contributed by atoms with van der Waals surface area (Å²) >= 11 is 0. The van der Waals surface area contributed by atoms with Crippen LogP contribution in [0.5, 0.6) is 0 Å². The number of anilines is 3. The summed E-state index contributed by atoms with van der Waals surface area (Å²) in [7, 11) is 0. The average molecular weight is 426 g/mol. The van der Waals surface area contributed by atoms with Crippen molar-refractivity contribution in [1.29, 1.82) is 0 Å². The highest BCUT2D eigenvalue weighted by Crippen LogP contribution is 2.31. The topological polar surface area (TPSA) is 87.7 Å². The van der Waals surface area contributed by atoms with Crippen LogP contribution in [0.15, 0.2) is 33.9 Å². The molecule has 2 fully saturated rings. The summed E-state index contributed by atoms with van der Waals surface area (Å²) < 4.78 is 5.34. The van der Waals surface area contributed by atoms with Gasteiger partial charge in [-0.3, -0.25) is 14.4 Å². The number of nitrogens with one attached hydrogen (secondary N) is 2. The molecular formula is C24H31N3O4. The molecule has 1 heterocycles. The van der Waals surface area contributed by atoms with Gasteiger partial charge in [0.05, 0.1) is 13.2 Å². The minimum atomic E-state index is -0.413. The highest BCUT2D eigenvalue weighted by atomic mass is 16.5. The molecule has 1 saturated carbocycles.